The molecule has 136 valence electrons. The highest BCUT2D eigenvalue weighted by atomic mass is 16.6. The average Bonchev–Trinajstić information content (AvgIpc) is 3.10. The first-order chi connectivity index (χ1) is 12.0. The van der Waals surface area contributed by atoms with Crippen molar-refractivity contribution in [2.75, 3.05) is 33.3 Å². The minimum absolute atomic E-state index is 0.0338. The van der Waals surface area contributed by atoms with Crippen LogP contribution in [0.3, 0.4) is 0 Å². The molecule has 2 heterocycles. The summed E-state index contributed by atoms with van der Waals surface area (Å²) in [5.41, 5.74) is 0. The molecule has 1 N–H and O–H groups in total. The van der Waals surface area contributed by atoms with Gasteiger partial charge in [-0.1, -0.05) is 12.1 Å². The molecule has 7 nitrogen and oxygen atoms in total. The summed E-state index contributed by atoms with van der Waals surface area (Å²) < 4.78 is 11.6. The molecular weight excluding hydrogens is 324 g/mol. The van der Waals surface area contributed by atoms with Gasteiger partial charge < -0.3 is 19.5 Å². The number of amides is 1. The first-order valence-corrected chi connectivity index (χ1v) is 8.56. The third-order valence-electron chi connectivity index (χ3n) is 4.90. The van der Waals surface area contributed by atoms with Crippen LogP contribution in [0.2, 0.25) is 0 Å². The van der Waals surface area contributed by atoms with Gasteiger partial charge in [0.15, 0.2) is 17.6 Å². The number of likely N-dealkylation sites (tertiary alicyclic amines) is 1. The minimum Gasteiger partial charge on any atom is -0.486 e. The third-order valence-corrected chi connectivity index (χ3v) is 4.90. The topological polar surface area (TPSA) is 79.3 Å². The van der Waals surface area contributed by atoms with Gasteiger partial charge in [-0.25, -0.2) is 0 Å². The Kier molecular flexibility index (Phi) is 5.13. The number of carbonyl (C=O) groups excluding carboxylic acids is 1. The Bertz CT molecular complexity index is 650. The van der Waals surface area contributed by atoms with Crippen molar-refractivity contribution in [1.82, 2.24) is 9.80 Å². The van der Waals surface area contributed by atoms with Gasteiger partial charge >= 0.3 is 5.97 Å². The van der Waals surface area contributed by atoms with Gasteiger partial charge in [-0.3, -0.25) is 14.5 Å². The molecule has 0 radical (unpaired) electrons. The number of aliphatic carboxylic acids is 1. The molecule has 0 bridgehead atoms. The largest absolute Gasteiger partial charge is 0.486 e. The monoisotopic (exact) mass is 348 g/mol. The highest BCUT2D eigenvalue weighted by molar-refractivity contribution is 5.81. The van der Waals surface area contributed by atoms with Crippen LogP contribution in [-0.4, -0.2) is 72.2 Å². The van der Waals surface area contributed by atoms with Crippen molar-refractivity contribution in [3.8, 4) is 11.5 Å². The van der Waals surface area contributed by atoms with Crippen molar-refractivity contribution in [2.24, 2.45) is 5.92 Å². The van der Waals surface area contributed by atoms with Crippen molar-refractivity contribution >= 4 is 11.9 Å². The number of ether oxygens (including phenoxy) is 2. The molecule has 3 rings (SSSR count). The summed E-state index contributed by atoms with van der Waals surface area (Å²) in [4.78, 5) is 27.3. The second-order valence-corrected chi connectivity index (χ2v) is 6.71. The van der Waals surface area contributed by atoms with Crippen molar-refractivity contribution in [1.29, 1.82) is 0 Å². The molecule has 2 aliphatic rings. The first kappa shape index (κ1) is 17.5. The van der Waals surface area contributed by atoms with E-state index in [4.69, 9.17) is 14.6 Å². The number of carbonyl (C=O) groups is 2. The van der Waals surface area contributed by atoms with E-state index >= 15 is 0 Å². The lowest BCUT2D eigenvalue weighted by atomic mass is 10.1. The van der Waals surface area contributed by atoms with E-state index in [1.807, 2.05) is 36.1 Å². The maximum absolute atomic E-state index is 12.7. The van der Waals surface area contributed by atoms with Crippen LogP contribution in [0.15, 0.2) is 24.3 Å². The zero-order valence-electron chi connectivity index (χ0n) is 14.6. The molecule has 2 aliphatic heterocycles. The predicted molar refractivity (Wildman–Crippen MR) is 90.8 cm³/mol. The first-order valence-electron chi connectivity index (χ1n) is 8.56. The Morgan fingerprint density at radius 1 is 1.36 bits per heavy atom. The molecular formula is C18H24N2O5. The minimum atomic E-state index is -0.790. The maximum atomic E-state index is 12.7. The quantitative estimate of drug-likeness (QED) is 0.858. The molecule has 3 unspecified atom stereocenters. The number of likely N-dealkylation sites (N-methyl/N-ethyl adjacent to an activating group) is 1. The van der Waals surface area contributed by atoms with Crippen LogP contribution in [-0.2, 0) is 9.59 Å². The van der Waals surface area contributed by atoms with Gasteiger partial charge in [0, 0.05) is 13.6 Å². The molecule has 1 fully saturated rings. The van der Waals surface area contributed by atoms with E-state index in [0.717, 1.165) is 5.75 Å². The average molecular weight is 348 g/mol. The molecule has 0 spiro atoms. The van der Waals surface area contributed by atoms with Crippen LogP contribution in [0, 0.1) is 5.92 Å². The Balaban J connectivity index is 1.54. The molecule has 3 atom stereocenters. The molecule has 0 saturated carbocycles. The van der Waals surface area contributed by atoms with E-state index in [-0.39, 0.29) is 24.0 Å². The Hall–Kier alpha value is -2.28. The summed E-state index contributed by atoms with van der Waals surface area (Å²) >= 11 is 0. The number of hydrogen-bond acceptors (Lipinski definition) is 5. The number of carboxylic acid groups (broad SMARTS) is 1. The second-order valence-electron chi connectivity index (χ2n) is 6.71. The maximum Gasteiger partial charge on any atom is 0.307 e. The molecule has 0 aliphatic carbocycles. The van der Waals surface area contributed by atoms with Crippen LogP contribution in [0.25, 0.3) is 0 Å². The molecule has 1 aromatic rings. The number of benzene rings is 1. The van der Waals surface area contributed by atoms with Crippen molar-refractivity contribution in [3.05, 3.63) is 24.3 Å². The van der Waals surface area contributed by atoms with Crippen molar-refractivity contribution < 1.29 is 24.2 Å². The van der Waals surface area contributed by atoms with Crippen LogP contribution >= 0.6 is 0 Å². The summed E-state index contributed by atoms with van der Waals surface area (Å²) in [6, 6.07) is 7.14. The van der Waals surface area contributed by atoms with Gasteiger partial charge in [0.1, 0.15) is 6.61 Å². The van der Waals surface area contributed by atoms with E-state index in [2.05, 4.69) is 0 Å². The van der Waals surface area contributed by atoms with Crippen LogP contribution in [0.5, 0.6) is 11.5 Å². The fourth-order valence-corrected chi connectivity index (χ4v) is 3.36. The number of fused-ring (bicyclic) bond motifs is 1. The van der Waals surface area contributed by atoms with Crippen molar-refractivity contribution in [2.45, 2.75) is 25.5 Å². The van der Waals surface area contributed by atoms with Gasteiger partial charge in [0.25, 0.3) is 0 Å². The van der Waals surface area contributed by atoms with Gasteiger partial charge in [-0.05, 0) is 32.0 Å². The highest BCUT2D eigenvalue weighted by Gasteiger charge is 2.34. The predicted octanol–water partition coefficient (Wildman–Crippen LogP) is 1.08. The van der Waals surface area contributed by atoms with E-state index in [1.165, 1.54) is 0 Å². The Morgan fingerprint density at radius 2 is 2.08 bits per heavy atom. The molecule has 1 amide bonds. The molecule has 1 saturated heterocycles. The van der Waals surface area contributed by atoms with Crippen LogP contribution in [0.1, 0.15) is 13.3 Å². The number of hydrogen-bond donors (Lipinski definition) is 1. The van der Waals surface area contributed by atoms with Gasteiger partial charge in [0.05, 0.1) is 18.5 Å². The molecule has 1 aromatic carbocycles. The number of rotatable bonds is 5. The second kappa shape index (κ2) is 7.31. The van der Waals surface area contributed by atoms with Crippen LogP contribution < -0.4 is 9.47 Å². The lowest BCUT2D eigenvalue weighted by Crippen LogP contribution is -2.49. The van der Waals surface area contributed by atoms with E-state index in [1.54, 1.807) is 11.9 Å². The number of nitrogens with zero attached hydrogens (tertiary/aromatic N) is 2. The summed E-state index contributed by atoms with van der Waals surface area (Å²) in [6.45, 7) is 3.71. The summed E-state index contributed by atoms with van der Waals surface area (Å²) in [6.07, 6.45) is 0.369. The zero-order chi connectivity index (χ0) is 18.0. The zero-order valence-corrected chi connectivity index (χ0v) is 14.6. The fourth-order valence-electron chi connectivity index (χ4n) is 3.36. The smallest absolute Gasteiger partial charge is 0.307 e. The lowest BCUT2D eigenvalue weighted by Gasteiger charge is -2.32. The normalized spacial score (nSPS) is 23.9. The summed E-state index contributed by atoms with van der Waals surface area (Å²) in [5.74, 6) is 0.205. The number of para-hydroxylation sites is 2. The SMILES string of the molecule is CC(C(=O)N(C)CC1COc2ccccc2O1)N1CCC(C(=O)O)C1. The Morgan fingerprint density at radius 3 is 2.76 bits per heavy atom. The van der Waals surface area contributed by atoms with Gasteiger partial charge in [-0.15, -0.1) is 0 Å². The third kappa shape index (κ3) is 3.87. The summed E-state index contributed by atoms with van der Waals surface area (Å²) in [7, 11) is 1.74. The standard InChI is InChI=1S/C18H24N2O5/c1-12(20-8-7-13(9-20)18(22)23)17(21)19(2)10-14-11-24-15-5-3-4-6-16(15)25-14/h3-6,12-14H,7-11H2,1-2H3,(H,22,23). The van der Waals surface area contributed by atoms with Gasteiger partial charge in [-0.2, -0.15) is 0 Å². The fraction of sp³-hybridized carbons (Fsp3) is 0.556. The van der Waals surface area contributed by atoms with E-state index < -0.39 is 5.97 Å². The Labute approximate surface area is 147 Å². The molecule has 7 heteroatoms. The highest BCUT2D eigenvalue weighted by Crippen LogP contribution is 2.31. The van der Waals surface area contributed by atoms with E-state index in [0.29, 0.717) is 38.4 Å². The van der Waals surface area contributed by atoms with Crippen LogP contribution in [0.4, 0.5) is 0 Å². The number of carboxylic acids is 1. The lowest BCUT2D eigenvalue weighted by molar-refractivity contribution is -0.142. The molecule has 0 aromatic heterocycles. The molecule has 25 heavy (non-hydrogen) atoms. The summed E-state index contributed by atoms with van der Waals surface area (Å²) in [5, 5.41) is 9.10. The van der Waals surface area contributed by atoms with Gasteiger partial charge in [0.2, 0.25) is 5.91 Å². The van der Waals surface area contributed by atoms with Crippen molar-refractivity contribution in [3.63, 3.8) is 0 Å². The van der Waals surface area contributed by atoms with E-state index in [9.17, 15) is 9.59 Å².